The molecule has 0 unspecified atom stereocenters. The summed E-state index contributed by atoms with van der Waals surface area (Å²) in [6.07, 6.45) is 0.537. The number of thiophene rings is 1. The van der Waals surface area contributed by atoms with E-state index in [4.69, 9.17) is 9.84 Å². The van der Waals surface area contributed by atoms with Crippen molar-refractivity contribution in [2.24, 2.45) is 0 Å². The van der Waals surface area contributed by atoms with Crippen LogP contribution in [0.2, 0.25) is 0 Å². The van der Waals surface area contributed by atoms with Crippen LogP contribution in [0.3, 0.4) is 0 Å². The predicted molar refractivity (Wildman–Crippen MR) is 68.9 cm³/mol. The lowest BCUT2D eigenvalue weighted by atomic mass is 10.2. The lowest BCUT2D eigenvalue weighted by Crippen LogP contribution is -2.28. The zero-order valence-corrected chi connectivity index (χ0v) is 11.3. The van der Waals surface area contributed by atoms with Crippen molar-refractivity contribution in [3.63, 3.8) is 0 Å². The number of nitrogens with zero attached hydrogens (tertiary/aromatic N) is 1. The lowest BCUT2D eigenvalue weighted by molar-refractivity contribution is -0.137. The van der Waals surface area contributed by atoms with Gasteiger partial charge in [0, 0.05) is 32.7 Å². The van der Waals surface area contributed by atoms with Crippen molar-refractivity contribution in [1.82, 2.24) is 4.90 Å². The molecule has 18 heavy (non-hydrogen) atoms. The van der Waals surface area contributed by atoms with Gasteiger partial charge in [0.1, 0.15) is 0 Å². The molecule has 0 bridgehead atoms. The Hall–Kier alpha value is -1.40. The highest BCUT2D eigenvalue weighted by molar-refractivity contribution is 7.12. The van der Waals surface area contributed by atoms with E-state index < -0.39 is 5.97 Å². The summed E-state index contributed by atoms with van der Waals surface area (Å²) in [6.45, 7) is 0.850. The van der Waals surface area contributed by atoms with E-state index in [1.807, 2.05) is 11.4 Å². The van der Waals surface area contributed by atoms with E-state index in [9.17, 15) is 9.59 Å². The Morgan fingerprint density at radius 2 is 2.22 bits per heavy atom. The first-order valence-electron chi connectivity index (χ1n) is 5.58. The van der Waals surface area contributed by atoms with Gasteiger partial charge < -0.3 is 14.7 Å². The smallest absolute Gasteiger partial charge is 0.303 e. The quantitative estimate of drug-likeness (QED) is 0.821. The predicted octanol–water partition coefficient (Wildman–Crippen LogP) is 1.83. The van der Waals surface area contributed by atoms with Gasteiger partial charge in [-0.2, -0.15) is 0 Å². The number of amides is 1. The molecule has 5 nitrogen and oxygen atoms in total. The molecule has 0 aliphatic carbocycles. The van der Waals surface area contributed by atoms with Crippen molar-refractivity contribution in [2.75, 3.05) is 20.7 Å². The number of carbonyl (C=O) groups is 2. The fraction of sp³-hybridized carbons (Fsp3) is 0.500. The molecule has 0 atom stereocenters. The van der Waals surface area contributed by atoms with Crippen molar-refractivity contribution in [3.8, 4) is 0 Å². The van der Waals surface area contributed by atoms with Crippen molar-refractivity contribution < 1.29 is 19.4 Å². The summed E-state index contributed by atoms with van der Waals surface area (Å²) in [5.74, 6) is -0.922. The zero-order chi connectivity index (χ0) is 13.5. The molecule has 1 rings (SSSR count). The molecule has 0 aliphatic rings. The van der Waals surface area contributed by atoms with Crippen LogP contribution in [0.15, 0.2) is 11.4 Å². The van der Waals surface area contributed by atoms with Crippen LogP contribution in [0.1, 0.15) is 28.1 Å². The molecule has 1 N–H and O–H groups in total. The first-order valence-corrected chi connectivity index (χ1v) is 6.46. The second-order valence-electron chi connectivity index (χ2n) is 3.93. The number of hydrogen-bond donors (Lipinski definition) is 1. The summed E-state index contributed by atoms with van der Waals surface area (Å²) in [6, 6.07) is 1.87. The Morgan fingerprint density at radius 1 is 1.50 bits per heavy atom. The Labute approximate surface area is 110 Å². The van der Waals surface area contributed by atoms with E-state index >= 15 is 0 Å². The van der Waals surface area contributed by atoms with Gasteiger partial charge in [-0.3, -0.25) is 9.59 Å². The van der Waals surface area contributed by atoms with E-state index in [0.717, 1.165) is 5.56 Å². The van der Waals surface area contributed by atoms with Crippen LogP contribution in [0, 0.1) is 0 Å². The third-order valence-electron chi connectivity index (χ3n) is 2.47. The van der Waals surface area contributed by atoms with E-state index in [-0.39, 0.29) is 12.3 Å². The number of aliphatic carboxylic acids is 1. The third-order valence-corrected chi connectivity index (χ3v) is 3.42. The lowest BCUT2D eigenvalue weighted by Gasteiger charge is -2.16. The van der Waals surface area contributed by atoms with Crippen LogP contribution in [0.5, 0.6) is 0 Å². The molecule has 0 aromatic carbocycles. The van der Waals surface area contributed by atoms with Crippen LogP contribution in [0.25, 0.3) is 0 Å². The molecule has 0 saturated heterocycles. The summed E-state index contributed by atoms with van der Waals surface area (Å²) >= 11 is 1.38. The normalized spacial score (nSPS) is 10.3. The highest BCUT2D eigenvalue weighted by atomic mass is 32.1. The van der Waals surface area contributed by atoms with Gasteiger partial charge in [0.2, 0.25) is 0 Å². The molecule has 0 fully saturated rings. The Kier molecular flexibility index (Phi) is 5.80. The first-order chi connectivity index (χ1) is 8.56. The van der Waals surface area contributed by atoms with Crippen LogP contribution >= 0.6 is 11.3 Å². The Morgan fingerprint density at radius 3 is 2.83 bits per heavy atom. The molecule has 100 valence electrons. The van der Waals surface area contributed by atoms with Gasteiger partial charge in [0.25, 0.3) is 5.91 Å². The van der Waals surface area contributed by atoms with Gasteiger partial charge in [-0.15, -0.1) is 11.3 Å². The average Bonchev–Trinajstić information content (AvgIpc) is 2.76. The van der Waals surface area contributed by atoms with Crippen LogP contribution in [-0.2, 0) is 16.1 Å². The minimum absolute atomic E-state index is 0.0764. The summed E-state index contributed by atoms with van der Waals surface area (Å²) in [4.78, 5) is 24.7. The van der Waals surface area contributed by atoms with Gasteiger partial charge >= 0.3 is 5.97 Å². The number of rotatable bonds is 7. The molecule has 6 heteroatoms. The standard InChI is InChI=1S/C12H17NO4S/c1-13(6-3-4-10(14)15)12(16)11-9(8-17-2)5-7-18-11/h5,7H,3-4,6,8H2,1-2H3,(H,14,15). The molecule has 1 aromatic rings. The van der Waals surface area contributed by atoms with E-state index in [0.29, 0.717) is 24.4 Å². The summed E-state index contributed by atoms with van der Waals surface area (Å²) in [5.41, 5.74) is 0.873. The highest BCUT2D eigenvalue weighted by Crippen LogP contribution is 2.19. The van der Waals surface area contributed by atoms with Gasteiger partial charge in [-0.1, -0.05) is 0 Å². The van der Waals surface area contributed by atoms with Gasteiger partial charge in [-0.05, 0) is 17.9 Å². The van der Waals surface area contributed by atoms with E-state index in [2.05, 4.69) is 0 Å². The minimum atomic E-state index is -0.841. The van der Waals surface area contributed by atoms with Crippen molar-refractivity contribution in [2.45, 2.75) is 19.4 Å². The number of ether oxygens (including phenoxy) is 1. The maximum atomic E-state index is 12.1. The van der Waals surface area contributed by atoms with Gasteiger partial charge in [-0.25, -0.2) is 0 Å². The molecule has 1 heterocycles. The van der Waals surface area contributed by atoms with Gasteiger partial charge in [0.05, 0.1) is 11.5 Å². The zero-order valence-electron chi connectivity index (χ0n) is 10.5. The molecule has 0 spiro atoms. The number of hydrogen-bond acceptors (Lipinski definition) is 4. The highest BCUT2D eigenvalue weighted by Gasteiger charge is 2.17. The van der Waals surface area contributed by atoms with Crippen molar-refractivity contribution in [1.29, 1.82) is 0 Å². The second-order valence-corrected chi connectivity index (χ2v) is 4.85. The van der Waals surface area contributed by atoms with Crippen molar-refractivity contribution >= 4 is 23.2 Å². The first kappa shape index (κ1) is 14.7. The van der Waals surface area contributed by atoms with Crippen LogP contribution in [0.4, 0.5) is 0 Å². The molecule has 0 saturated carbocycles. The third kappa shape index (κ3) is 4.12. The molecule has 1 amide bonds. The molecular formula is C12H17NO4S. The van der Waals surface area contributed by atoms with Crippen LogP contribution in [-0.4, -0.2) is 42.6 Å². The Bertz CT molecular complexity index is 416. The molecular weight excluding hydrogens is 254 g/mol. The van der Waals surface area contributed by atoms with E-state index in [1.54, 1.807) is 19.1 Å². The van der Waals surface area contributed by atoms with Crippen LogP contribution < -0.4 is 0 Å². The topological polar surface area (TPSA) is 66.8 Å². The van der Waals surface area contributed by atoms with E-state index in [1.165, 1.54) is 11.3 Å². The fourth-order valence-corrected chi connectivity index (χ4v) is 2.44. The monoisotopic (exact) mass is 271 g/mol. The molecule has 1 aromatic heterocycles. The number of carbonyl (C=O) groups excluding carboxylic acids is 1. The van der Waals surface area contributed by atoms with Crippen molar-refractivity contribution in [3.05, 3.63) is 21.9 Å². The summed E-state index contributed by atoms with van der Waals surface area (Å²) < 4.78 is 5.03. The Balaban J connectivity index is 2.57. The number of methoxy groups -OCH3 is 1. The largest absolute Gasteiger partial charge is 0.481 e. The minimum Gasteiger partial charge on any atom is -0.481 e. The number of carboxylic acid groups (broad SMARTS) is 1. The summed E-state index contributed by atoms with van der Waals surface area (Å²) in [7, 11) is 3.27. The average molecular weight is 271 g/mol. The maximum absolute atomic E-state index is 12.1. The SMILES string of the molecule is COCc1ccsc1C(=O)N(C)CCCC(=O)O. The molecule has 0 radical (unpaired) electrons. The maximum Gasteiger partial charge on any atom is 0.303 e. The van der Waals surface area contributed by atoms with Gasteiger partial charge in [0.15, 0.2) is 0 Å². The fourth-order valence-electron chi connectivity index (χ4n) is 1.53. The summed E-state index contributed by atoms with van der Waals surface area (Å²) in [5, 5.41) is 10.4. The second kappa shape index (κ2) is 7.13. The molecule has 0 aliphatic heterocycles. The number of carboxylic acids is 1.